The lowest BCUT2D eigenvalue weighted by atomic mass is 9.91. The van der Waals surface area contributed by atoms with Crippen LogP contribution in [0.5, 0.6) is 5.75 Å². The van der Waals surface area contributed by atoms with Gasteiger partial charge in [0, 0.05) is 30.6 Å². The van der Waals surface area contributed by atoms with Crippen molar-refractivity contribution in [3.63, 3.8) is 0 Å². The number of thiazole rings is 1. The molecule has 1 N–H and O–H groups in total. The minimum absolute atomic E-state index is 0.0262. The van der Waals surface area contributed by atoms with Gasteiger partial charge in [-0.05, 0) is 55.0 Å². The van der Waals surface area contributed by atoms with E-state index >= 15 is 0 Å². The van der Waals surface area contributed by atoms with Crippen LogP contribution in [0.25, 0.3) is 10.6 Å². The number of aliphatic hydroxyl groups is 1. The van der Waals surface area contributed by atoms with Gasteiger partial charge >= 0.3 is 6.09 Å². The Labute approximate surface area is 271 Å². The highest BCUT2D eigenvalue weighted by Crippen LogP contribution is 2.32. The summed E-state index contributed by atoms with van der Waals surface area (Å²) < 4.78 is 16.5. The van der Waals surface area contributed by atoms with Crippen molar-refractivity contribution in [3.05, 3.63) is 124 Å². The molecule has 2 aromatic heterocycles. The minimum atomic E-state index is -0.620. The number of hydrogen-bond acceptors (Lipinski definition) is 9. The number of hydrogen-bond donors (Lipinski definition) is 1. The van der Waals surface area contributed by atoms with Gasteiger partial charge in [-0.2, -0.15) is 0 Å². The minimum Gasteiger partial charge on any atom is -0.488 e. The molecule has 0 radical (unpaired) electrons. The topological polar surface area (TPSA) is 115 Å². The van der Waals surface area contributed by atoms with Gasteiger partial charge in [-0.15, -0.1) is 11.3 Å². The zero-order valence-corrected chi connectivity index (χ0v) is 26.3. The van der Waals surface area contributed by atoms with E-state index < -0.39 is 12.0 Å². The van der Waals surface area contributed by atoms with Crippen LogP contribution in [0.4, 0.5) is 4.79 Å². The number of cyclic esters (lactones) is 1. The highest BCUT2D eigenvalue weighted by atomic mass is 32.1. The summed E-state index contributed by atoms with van der Waals surface area (Å²) in [5.41, 5.74) is 5.65. The summed E-state index contributed by atoms with van der Waals surface area (Å²) in [5, 5.41) is 14.1. The summed E-state index contributed by atoms with van der Waals surface area (Å²) in [4.78, 5) is 33.3. The molecule has 236 valence electrons. The second-order valence-electron chi connectivity index (χ2n) is 11.3. The van der Waals surface area contributed by atoms with Crippen LogP contribution < -0.4 is 4.74 Å². The Kier molecular flexibility index (Phi) is 9.85. The third-order valence-corrected chi connectivity index (χ3v) is 9.29. The molecule has 1 saturated heterocycles. The first-order valence-corrected chi connectivity index (χ1v) is 16.1. The first-order chi connectivity index (χ1) is 22.5. The molecular formula is C36H35N3O6S. The number of benzene rings is 3. The highest BCUT2D eigenvalue weighted by Gasteiger charge is 2.39. The number of carbonyl (C=O) groups excluding carboxylic acids is 2. The average Bonchev–Trinajstić information content (AvgIpc) is 3.83. The van der Waals surface area contributed by atoms with Crippen LogP contribution in [0, 0.1) is 6.92 Å². The number of rotatable bonds is 13. The molecule has 0 aliphatic carbocycles. The van der Waals surface area contributed by atoms with Gasteiger partial charge in [0.1, 0.15) is 30.2 Å². The molecule has 3 aromatic carbocycles. The Bertz CT molecular complexity index is 1740. The number of ether oxygens (including phenoxy) is 2. The summed E-state index contributed by atoms with van der Waals surface area (Å²) in [6, 6.07) is 27.0. The first kappa shape index (κ1) is 31.2. The molecule has 1 aliphatic heterocycles. The lowest BCUT2D eigenvalue weighted by Gasteiger charge is -2.22. The van der Waals surface area contributed by atoms with E-state index in [-0.39, 0.29) is 31.6 Å². The van der Waals surface area contributed by atoms with E-state index in [0.29, 0.717) is 24.5 Å². The monoisotopic (exact) mass is 637 g/mol. The van der Waals surface area contributed by atoms with Gasteiger partial charge < -0.3 is 19.1 Å². The third-order valence-electron chi connectivity index (χ3n) is 8.11. The third kappa shape index (κ3) is 7.35. The maximum Gasteiger partial charge on any atom is 0.416 e. The van der Waals surface area contributed by atoms with Gasteiger partial charge in [0.05, 0.1) is 22.3 Å². The van der Waals surface area contributed by atoms with Gasteiger partial charge in [0.2, 0.25) is 5.91 Å². The van der Waals surface area contributed by atoms with Gasteiger partial charge in [0.15, 0.2) is 0 Å². The second-order valence-corrected chi connectivity index (χ2v) is 12.4. The second kappa shape index (κ2) is 14.5. The van der Waals surface area contributed by atoms with E-state index in [0.717, 1.165) is 45.1 Å². The fourth-order valence-electron chi connectivity index (χ4n) is 5.60. The number of carbonyl (C=O) groups is 2. The fourth-order valence-corrected chi connectivity index (χ4v) is 6.58. The van der Waals surface area contributed by atoms with Crippen LogP contribution in [-0.2, 0) is 29.0 Å². The Morgan fingerprint density at radius 3 is 2.54 bits per heavy atom. The summed E-state index contributed by atoms with van der Waals surface area (Å²) >= 11 is 1.61. The van der Waals surface area contributed by atoms with E-state index in [1.54, 1.807) is 17.4 Å². The fraction of sp³-hybridized carbons (Fsp3) is 0.278. The molecular weight excluding hydrogens is 602 g/mol. The highest BCUT2D eigenvalue weighted by molar-refractivity contribution is 7.15. The van der Waals surface area contributed by atoms with E-state index in [4.69, 9.17) is 24.1 Å². The van der Waals surface area contributed by atoms with Crippen molar-refractivity contribution in [2.45, 2.75) is 51.2 Å². The zero-order chi connectivity index (χ0) is 31.9. The van der Waals surface area contributed by atoms with E-state index in [2.05, 4.69) is 29.4 Å². The molecule has 5 aromatic rings. The van der Waals surface area contributed by atoms with Crippen LogP contribution in [-0.4, -0.2) is 51.4 Å². The van der Waals surface area contributed by atoms with Crippen molar-refractivity contribution in [3.8, 4) is 16.3 Å². The number of aromatic nitrogens is 2. The van der Waals surface area contributed by atoms with Crippen molar-refractivity contribution < 1.29 is 28.7 Å². The van der Waals surface area contributed by atoms with Crippen LogP contribution in [0.2, 0.25) is 0 Å². The molecule has 1 fully saturated rings. The van der Waals surface area contributed by atoms with Gasteiger partial charge in [-0.25, -0.2) is 14.7 Å². The zero-order valence-electron chi connectivity index (χ0n) is 25.5. The lowest BCUT2D eigenvalue weighted by molar-refractivity contribution is -0.129. The molecule has 46 heavy (non-hydrogen) atoms. The number of imide groups is 1. The van der Waals surface area contributed by atoms with Crippen molar-refractivity contribution in [1.82, 2.24) is 15.0 Å². The van der Waals surface area contributed by atoms with Crippen LogP contribution in [0.15, 0.2) is 95.7 Å². The smallest absolute Gasteiger partial charge is 0.416 e. The predicted molar refractivity (Wildman–Crippen MR) is 174 cm³/mol. The molecule has 2 atom stereocenters. The van der Waals surface area contributed by atoms with E-state index in [9.17, 15) is 9.59 Å². The van der Waals surface area contributed by atoms with Crippen molar-refractivity contribution in [2.24, 2.45) is 0 Å². The molecule has 6 rings (SSSR count). The summed E-state index contributed by atoms with van der Waals surface area (Å²) in [7, 11) is 0. The molecule has 1 aliphatic rings. The van der Waals surface area contributed by atoms with Gasteiger partial charge in [-0.1, -0.05) is 71.9 Å². The van der Waals surface area contributed by atoms with Crippen LogP contribution in [0.1, 0.15) is 51.7 Å². The first-order valence-electron chi connectivity index (χ1n) is 15.3. The Morgan fingerprint density at radius 1 is 1.04 bits per heavy atom. The van der Waals surface area contributed by atoms with Crippen molar-refractivity contribution >= 4 is 23.3 Å². The largest absolute Gasteiger partial charge is 0.488 e. The van der Waals surface area contributed by atoms with E-state index in [1.807, 2.05) is 61.5 Å². The van der Waals surface area contributed by atoms with Crippen LogP contribution in [0.3, 0.4) is 0 Å². The number of aryl methyl sites for hydroxylation is 2. The summed E-state index contributed by atoms with van der Waals surface area (Å²) in [6.07, 6.45) is 3.01. The maximum atomic E-state index is 13.6. The molecule has 2 amide bonds. The normalized spacial score (nSPS) is 15.1. The van der Waals surface area contributed by atoms with Crippen LogP contribution >= 0.6 is 11.3 Å². The average molecular weight is 638 g/mol. The quantitative estimate of drug-likeness (QED) is 0.151. The molecule has 0 spiro atoms. The lowest BCUT2D eigenvalue weighted by Crippen LogP contribution is -2.40. The number of aliphatic hydroxyl groups excluding tert-OH is 1. The van der Waals surface area contributed by atoms with Crippen molar-refractivity contribution in [2.75, 3.05) is 13.2 Å². The molecule has 0 saturated carbocycles. The number of nitrogens with zero attached hydrogens (tertiary/aromatic N) is 3. The van der Waals surface area contributed by atoms with Crippen molar-refractivity contribution in [1.29, 1.82) is 0 Å². The molecule has 0 bridgehead atoms. The summed E-state index contributed by atoms with van der Waals surface area (Å²) in [6.45, 7) is 2.71. The van der Waals surface area contributed by atoms with Gasteiger partial charge in [0.25, 0.3) is 0 Å². The van der Waals surface area contributed by atoms with Gasteiger partial charge in [-0.3, -0.25) is 4.79 Å². The Hall–Kier alpha value is -4.80. The predicted octanol–water partition coefficient (Wildman–Crippen LogP) is 6.72. The standard InChI is InChI=1S/C36H35N3O6S/c1-24-33(46-35(37-24)28-11-9-25(10-12-28)8-5-18-40)23-43-30-15-13-27(14-16-30)31(32-17-19-45-38-32)21-34(41)39-29(22-44-36(39)42)20-26-6-3-2-4-7-26/h2-4,6-7,9-17,19,29,31,40H,5,8,18,20-23H2,1H3. The molecule has 10 heteroatoms. The summed E-state index contributed by atoms with van der Waals surface area (Å²) in [5.74, 6) is -0.0666. The molecule has 3 heterocycles. The molecule has 2 unspecified atom stereocenters. The SMILES string of the molecule is Cc1nc(-c2ccc(CCCO)cc2)sc1COc1ccc(C(CC(=O)N2C(=O)OCC2Cc2ccccc2)c2ccon2)cc1. The maximum absolute atomic E-state index is 13.6. The molecule has 9 nitrogen and oxygen atoms in total. The van der Waals surface area contributed by atoms with E-state index in [1.165, 1.54) is 16.7 Å². The Morgan fingerprint density at radius 2 is 1.83 bits per heavy atom. The number of amides is 2. The Balaban J connectivity index is 1.11.